The minimum absolute atomic E-state index is 1.08. The fourth-order valence-corrected chi connectivity index (χ4v) is 14.0. The molecular weight excluding hydrogens is 1140 g/mol. The molecule has 0 aliphatic carbocycles. The molecule has 0 radical (unpaired) electrons. The van der Waals surface area contributed by atoms with Gasteiger partial charge in [0.05, 0.1) is 11.0 Å². The molecule has 0 saturated carbocycles. The quantitative estimate of drug-likeness (QED) is 0.102. The first kappa shape index (κ1) is 57.0. The second-order valence-corrected chi connectivity index (χ2v) is 24.1. The molecule has 446 valence electrons. The molecule has 0 amide bonds. The number of fused-ring (bicyclic) bond motifs is 2. The van der Waals surface area contributed by atoms with Crippen LogP contribution in [0.5, 0.6) is 0 Å². The van der Waals surface area contributed by atoms with Gasteiger partial charge in [0, 0.05) is 78.8 Å². The minimum atomic E-state index is 1.08. The van der Waals surface area contributed by atoms with Crippen LogP contribution in [0.3, 0.4) is 0 Å². The Bertz CT molecular complexity index is 4970. The normalized spacial score (nSPS) is 11.3. The van der Waals surface area contributed by atoms with Crippen LogP contribution in [0, 0.1) is 13.8 Å². The van der Waals surface area contributed by atoms with Gasteiger partial charge in [0.25, 0.3) is 0 Å². The lowest BCUT2D eigenvalue weighted by Crippen LogP contribution is -2.10. The third-order valence-corrected chi connectivity index (χ3v) is 18.5. The van der Waals surface area contributed by atoms with Crippen molar-refractivity contribution >= 4 is 55.9 Å². The van der Waals surface area contributed by atoms with Gasteiger partial charge in [-0.3, -0.25) is 0 Å². The Morgan fingerprint density at radius 2 is 0.426 bits per heavy atom. The molecule has 0 aliphatic rings. The molecule has 4 heteroatoms. The summed E-state index contributed by atoms with van der Waals surface area (Å²) in [6.45, 7) is 4.53. The smallest absolute Gasteiger partial charge is 0.0538 e. The van der Waals surface area contributed by atoms with Gasteiger partial charge in [0.2, 0.25) is 0 Å². The fraction of sp³-hybridized carbons (Fsp3) is 0.0222. The maximum absolute atomic E-state index is 2.43. The average Bonchev–Trinajstić information content (AvgIpc) is 1.59. The summed E-state index contributed by atoms with van der Waals surface area (Å²) in [6.07, 6.45) is 0. The van der Waals surface area contributed by atoms with Crippen molar-refractivity contribution in [2.45, 2.75) is 13.8 Å². The van der Waals surface area contributed by atoms with Crippen LogP contribution in [0.15, 0.2) is 364 Å². The third kappa shape index (κ3) is 10.8. The second-order valence-electron chi connectivity index (χ2n) is 24.1. The van der Waals surface area contributed by atoms with Crippen LogP contribution in [0.4, 0.5) is 34.1 Å². The van der Waals surface area contributed by atoms with E-state index in [1.807, 2.05) is 0 Å². The molecule has 0 atom stereocenters. The van der Waals surface area contributed by atoms with Crippen LogP contribution < -0.4 is 9.80 Å². The van der Waals surface area contributed by atoms with Crippen molar-refractivity contribution in [2.24, 2.45) is 0 Å². The molecule has 0 aliphatic heterocycles. The van der Waals surface area contributed by atoms with Gasteiger partial charge in [-0.05, 0) is 214 Å². The lowest BCUT2D eigenvalue weighted by atomic mass is 9.96. The number of hydrogen-bond donors (Lipinski definition) is 0. The largest absolute Gasteiger partial charge is 0.313 e. The Morgan fingerprint density at radius 1 is 0.191 bits per heavy atom. The van der Waals surface area contributed by atoms with Gasteiger partial charge in [-0.2, -0.15) is 0 Å². The monoisotopic (exact) mass is 1200 g/mol. The Kier molecular flexibility index (Phi) is 15.1. The summed E-state index contributed by atoms with van der Waals surface area (Å²) in [5.74, 6) is 0. The lowest BCUT2D eigenvalue weighted by Gasteiger charge is -2.26. The molecule has 0 spiro atoms. The zero-order valence-electron chi connectivity index (χ0n) is 52.4. The van der Waals surface area contributed by atoms with E-state index in [9.17, 15) is 0 Å². The number of benzene rings is 14. The highest BCUT2D eigenvalue weighted by atomic mass is 15.1. The topological polar surface area (TPSA) is 16.3 Å². The molecule has 0 fully saturated rings. The van der Waals surface area contributed by atoms with E-state index in [2.05, 4.69) is 397 Å². The van der Waals surface area contributed by atoms with Crippen molar-refractivity contribution in [3.8, 4) is 89.3 Å². The molecule has 16 aromatic rings. The average molecular weight is 1200 g/mol. The van der Waals surface area contributed by atoms with E-state index >= 15 is 0 Å². The molecule has 0 bridgehead atoms. The van der Waals surface area contributed by atoms with Crippen molar-refractivity contribution < 1.29 is 0 Å². The Morgan fingerprint density at radius 3 is 0.745 bits per heavy atom. The first-order valence-electron chi connectivity index (χ1n) is 32.3. The minimum Gasteiger partial charge on any atom is -0.313 e. The number of nitrogens with zero attached hydrogens (tertiary/aromatic N) is 4. The molecule has 2 heterocycles. The Balaban J connectivity index is 0.737. The van der Waals surface area contributed by atoms with E-state index in [-0.39, 0.29) is 0 Å². The third-order valence-electron chi connectivity index (χ3n) is 18.5. The zero-order chi connectivity index (χ0) is 62.9. The molecule has 0 unspecified atom stereocenters. The molecule has 2 aromatic heterocycles. The highest BCUT2D eigenvalue weighted by Gasteiger charge is 2.23. The van der Waals surface area contributed by atoms with E-state index in [1.165, 1.54) is 88.9 Å². The summed E-state index contributed by atoms with van der Waals surface area (Å²) in [6, 6.07) is 132. The number of anilines is 6. The summed E-state index contributed by atoms with van der Waals surface area (Å²) < 4.78 is 4.87. The van der Waals surface area contributed by atoms with Crippen LogP contribution in [0.2, 0.25) is 0 Å². The number of para-hydroxylation sites is 2. The first-order valence-corrected chi connectivity index (χ1v) is 32.3. The molecule has 0 N–H and O–H groups in total. The fourth-order valence-electron chi connectivity index (χ4n) is 14.0. The van der Waals surface area contributed by atoms with E-state index in [1.54, 1.807) is 0 Å². The van der Waals surface area contributed by atoms with Crippen LogP contribution in [0.1, 0.15) is 11.4 Å². The van der Waals surface area contributed by atoms with Crippen molar-refractivity contribution in [3.05, 3.63) is 375 Å². The summed E-state index contributed by atoms with van der Waals surface area (Å²) >= 11 is 0. The van der Waals surface area contributed by atoms with Gasteiger partial charge in [-0.25, -0.2) is 0 Å². The number of rotatable bonds is 15. The van der Waals surface area contributed by atoms with E-state index in [0.29, 0.717) is 0 Å². The maximum Gasteiger partial charge on any atom is 0.0538 e. The van der Waals surface area contributed by atoms with Crippen LogP contribution in [-0.2, 0) is 0 Å². The van der Waals surface area contributed by atoms with E-state index < -0.39 is 0 Å². The standard InChI is InChI=1S/C90H66N4/c1-63-89(69-27-13-5-14-28-69)85-61-75(43-57-87(85)91(63)79-49-53-83(54-50-79)93(77-35-17-7-18-36-77)81-45-39-67(40-46-81)73-33-21-31-71(59-73)65-23-9-3-10-24-65)76-44-58-88-86(62-76)90(70-29-15-6-16-30-70)64(2)92(88)80-51-55-84(56-52-80)94(78-37-19-8-20-38-78)82-47-41-68(42-48-82)74-34-22-32-72(60-74)66-25-11-4-12-26-66/h3-62H,1-2H3. The molecule has 94 heavy (non-hydrogen) atoms. The van der Waals surface area contributed by atoms with E-state index in [0.717, 1.165) is 67.7 Å². The highest BCUT2D eigenvalue weighted by molar-refractivity contribution is 6.04. The number of hydrogen-bond acceptors (Lipinski definition) is 2. The first-order chi connectivity index (χ1) is 46.5. The van der Waals surface area contributed by atoms with Crippen molar-refractivity contribution in [3.63, 3.8) is 0 Å². The Hall–Kier alpha value is -12.2. The molecule has 0 saturated heterocycles. The number of aromatic nitrogens is 2. The van der Waals surface area contributed by atoms with Gasteiger partial charge in [0.1, 0.15) is 0 Å². The van der Waals surface area contributed by atoms with Gasteiger partial charge in [-0.15, -0.1) is 0 Å². The van der Waals surface area contributed by atoms with Gasteiger partial charge < -0.3 is 18.9 Å². The van der Waals surface area contributed by atoms with Crippen molar-refractivity contribution in [1.82, 2.24) is 9.13 Å². The molecule has 16 rings (SSSR count). The van der Waals surface area contributed by atoms with Crippen LogP contribution >= 0.6 is 0 Å². The molecular formula is C90H66N4. The molecule has 4 nitrogen and oxygen atoms in total. The van der Waals surface area contributed by atoms with Crippen LogP contribution in [0.25, 0.3) is 111 Å². The summed E-state index contributed by atoms with van der Waals surface area (Å²) in [4.78, 5) is 4.69. The predicted octanol–water partition coefficient (Wildman–Crippen LogP) is 24.8. The molecule has 14 aromatic carbocycles. The van der Waals surface area contributed by atoms with Crippen LogP contribution in [-0.4, -0.2) is 9.13 Å². The summed E-state index contributed by atoms with van der Waals surface area (Å²) in [7, 11) is 0. The predicted molar refractivity (Wildman–Crippen MR) is 397 cm³/mol. The SMILES string of the molecule is Cc1c(-c2ccccc2)c2cc(-c3ccc4c(c3)c(-c3ccccc3)c(C)n4-c3ccc(N(c4ccccc4)c4ccc(-c5cccc(-c6ccccc6)c5)cc4)cc3)ccc2n1-c1ccc(N(c2ccccc2)c2ccc(-c3cccc(-c4ccccc4)c3)cc2)cc1. The van der Waals surface area contributed by atoms with E-state index in [4.69, 9.17) is 0 Å². The second kappa shape index (κ2) is 24.9. The summed E-state index contributed by atoms with van der Waals surface area (Å²) in [5.41, 5.74) is 30.1. The maximum atomic E-state index is 2.43. The Labute approximate surface area is 550 Å². The van der Waals surface area contributed by atoms with Gasteiger partial charge >= 0.3 is 0 Å². The van der Waals surface area contributed by atoms with Gasteiger partial charge in [0.15, 0.2) is 0 Å². The van der Waals surface area contributed by atoms with Crippen molar-refractivity contribution in [2.75, 3.05) is 9.80 Å². The van der Waals surface area contributed by atoms with Crippen molar-refractivity contribution in [1.29, 1.82) is 0 Å². The summed E-state index contributed by atoms with van der Waals surface area (Å²) in [5, 5.41) is 2.41. The zero-order valence-corrected chi connectivity index (χ0v) is 52.4. The van der Waals surface area contributed by atoms with Gasteiger partial charge in [-0.1, -0.05) is 231 Å². The highest BCUT2D eigenvalue weighted by Crippen LogP contribution is 2.45. The lowest BCUT2D eigenvalue weighted by molar-refractivity contribution is 1.05.